The molecule has 0 aromatic carbocycles. The Morgan fingerprint density at radius 2 is 1.88 bits per heavy atom. The van der Waals surface area contributed by atoms with E-state index >= 15 is 0 Å². The lowest BCUT2D eigenvalue weighted by atomic mass is 9.81. The standard InChI is InChI=1S/C10H16F3NO2/c1-16-8(15)9(5-3-2-4-6-9)14-7-10(11,12)13/h14H,2-7H2,1H3. The topological polar surface area (TPSA) is 38.3 Å². The van der Waals surface area contributed by atoms with Crippen molar-refractivity contribution in [3.05, 3.63) is 0 Å². The van der Waals surface area contributed by atoms with Crippen molar-refractivity contribution in [1.29, 1.82) is 0 Å². The van der Waals surface area contributed by atoms with Gasteiger partial charge < -0.3 is 4.74 Å². The van der Waals surface area contributed by atoms with Gasteiger partial charge in [0.25, 0.3) is 0 Å². The summed E-state index contributed by atoms with van der Waals surface area (Å²) in [6, 6.07) is 0. The number of hydrogen-bond acceptors (Lipinski definition) is 3. The van der Waals surface area contributed by atoms with Crippen LogP contribution >= 0.6 is 0 Å². The Labute approximate surface area is 92.3 Å². The van der Waals surface area contributed by atoms with Crippen LogP contribution in [-0.4, -0.2) is 31.3 Å². The molecule has 0 saturated heterocycles. The van der Waals surface area contributed by atoms with Gasteiger partial charge in [0.15, 0.2) is 0 Å². The van der Waals surface area contributed by atoms with Gasteiger partial charge in [-0.15, -0.1) is 0 Å². The molecule has 1 saturated carbocycles. The number of esters is 1. The fraction of sp³-hybridized carbons (Fsp3) is 0.900. The number of methoxy groups -OCH3 is 1. The Morgan fingerprint density at radius 1 is 1.31 bits per heavy atom. The van der Waals surface area contributed by atoms with E-state index in [0.717, 1.165) is 19.3 Å². The summed E-state index contributed by atoms with van der Waals surface area (Å²) in [5.74, 6) is -0.587. The Hall–Kier alpha value is -0.780. The van der Waals surface area contributed by atoms with Crippen molar-refractivity contribution in [3.63, 3.8) is 0 Å². The number of halogens is 3. The maximum Gasteiger partial charge on any atom is 0.401 e. The summed E-state index contributed by atoms with van der Waals surface area (Å²) in [7, 11) is 1.20. The van der Waals surface area contributed by atoms with Crippen LogP contribution in [0.1, 0.15) is 32.1 Å². The highest BCUT2D eigenvalue weighted by Crippen LogP contribution is 2.30. The maximum atomic E-state index is 12.1. The van der Waals surface area contributed by atoms with E-state index in [1.165, 1.54) is 7.11 Å². The lowest BCUT2D eigenvalue weighted by Gasteiger charge is -2.35. The molecule has 0 radical (unpaired) electrons. The summed E-state index contributed by atoms with van der Waals surface area (Å²) in [6.07, 6.45) is -1.03. The van der Waals surface area contributed by atoms with Crippen LogP contribution in [0.5, 0.6) is 0 Å². The molecule has 0 aliphatic heterocycles. The van der Waals surface area contributed by atoms with Crippen molar-refractivity contribution >= 4 is 5.97 Å². The number of nitrogens with one attached hydrogen (secondary N) is 1. The third kappa shape index (κ3) is 3.37. The van der Waals surface area contributed by atoms with E-state index in [9.17, 15) is 18.0 Å². The van der Waals surface area contributed by atoms with Crippen molar-refractivity contribution in [2.75, 3.05) is 13.7 Å². The summed E-state index contributed by atoms with van der Waals surface area (Å²) >= 11 is 0. The normalized spacial score (nSPS) is 20.5. The Morgan fingerprint density at radius 3 is 2.31 bits per heavy atom. The Kier molecular flexibility index (Phi) is 4.18. The highest BCUT2D eigenvalue weighted by Gasteiger charge is 2.43. The summed E-state index contributed by atoms with van der Waals surface area (Å²) in [5, 5.41) is 2.33. The summed E-state index contributed by atoms with van der Waals surface area (Å²) in [5.41, 5.74) is -1.14. The van der Waals surface area contributed by atoms with Crippen molar-refractivity contribution in [3.8, 4) is 0 Å². The zero-order valence-electron chi connectivity index (χ0n) is 9.19. The number of alkyl halides is 3. The van der Waals surface area contributed by atoms with Gasteiger partial charge in [-0.2, -0.15) is 13.2 Å². The first-order valence-electron chi connectivity index (χ1n) is 5.30. The number of ether oxygens (including phenoxy) is 1. The van der Waals surface area contributed by atoms with E-state index in [2.05, 4.69) is 10.1 Å². The zero-order chi connectivity index (χ0) is 12.2. The van der Waals surface area contributed by atoms with Crippen molar-refractivity contribution in [2.45, 2.75) is 43.8 Å². The number of rotatable bonds is 3. The lowest BCUT2D eigenvalue weighted by molar-refractivity contribution is -0.155. The number of hydrogen-bond donors (Lipinski definition) is 1. The van der Waals surface area contributed by atoms with E-state index in [0.29, 0.717) is 12.8 Å². The highest BCUT2D eigenvalue weighted by atomic mass is 19.4. The second-order valence-corrected chi connectivity index (χ2v) is 4.10. The average molecular weight is 239 g/mol. The molecule has 0 heterocycles. The molecule has 6 heteroatoms. The minimum absolute atomic E-state index is 0.412. The summed E-state index contributed by atoms with van der Waals surface area (Å²) in [6.45, 7) is -1.15. The van der Waals surface area contributed by atoms with Crippen LogP contribution in [0.4, 0.5) is 13.2 Å². The third-order valence-corrected chi connectivity index (χ3v) is 2.91. The minimum Gasteiger partial charge on any atom is -0.468 e. The van der Waals surface area contributed by atoms with Gasteiger partial charge in [-0.1, -0.05) is 19.3 Å². The molecule has 0 aromatic heterocycles. The Bertz CT molecular complexity index is 247. The van der Waals surface area contributed by atoms with Gasteiger partial charge >= 0.3 is 12.1 Å². The van der Waals surface area contributed by atoms with Crippen LogP contribution in [-0.2, 0) is 9.53 Å². The predicted molar refractivity (Wildman–Crippen MR) is 51.9 cm³/mol. The molecule has 1 rings (SSSR count). The second-order valence-electron chi connectivity index (χ2n) is 4.10. The van der Waals surface area contributed by atoms with Gasteiger partial charge in [0, 0.05) is 0 Å². The van der Waals surface area contributed by atoms with Gasteiger partial charge in [0.05, 0.1) is 13.7 Å². The lowest BCUT2D eigenvalue weighted by Crippen LogP contribution is -2.56. The summed E-state index contributed by atoms with van der Waals surface area (Å²) < 4.78 is 41.0. The molecule has 1 aliphatic carbocycles. The molecule has 16 heavy (non-hydrogen) atoms. The van der Waals surface area contributed by atoms with Crippen LogP contribution in [0.25, 0.3) is 0 Å². The maximum absolute atomic E-state index is 12.1. The smallest absolute Gasteiger partial charge is 0.401 e. The van der Waals surface area contributed by atoms with Gasteiger partial charge in [-0.25, -0.2) is 0 Å². The first-order chi connectivity index (χ1) is 7.40. The van der Waals surface area contributed by atoms with E-state index in [1.54, 1.807) is 0 Å². The van der Waals surface area contributed by atoms with Crippen LogP contribution in [0.15, 0.2) is 0 Å². The van der Waals surface area contributed by atoms with Crippen LogP contribution in [0.2, 0.25) is 0 Å². The molecule has 0 unspecified atom stereocenters. The van der Waals surface area contributed by atoms with Gasteiger partial charge in [-0.05, 0) is 12.8 Å². The highest BCUT2D eigenvalue weighted by molar-refractivity contribution is 5.80. The largest absolute Gasteiger partial charge is 0.468 e. The fourth-order valence-corrected chi connectivity index (χ4v) is 2.07. The average Bonchev–Trinajstić information content (AvgIpc) is 2.25. The number of carbonyl (C=O) groups is 1. The first-order valence-corrected chi connectivity index (χ1v) is 5.30. The van der Waals surface area contributed by atoms with Gasteiger partial charge in [-0.3, -0.25) is 10.1 Å². The monoisotopic (exact) mass is 239 g/mol. The second kappa shape index (κ2) is 5.03. The Balaban J connectivity index is 2.67. The van der Waals surface area contributed by atoms with Crippen LogP contribution < -0.4 is 5.32 Å². The molecule has 1 fully saturated rings. The third-order valence-electron chi connectivity index (χ3n) is 2.91. The minimum atomic E-state index is -4.31. The molecule has 94 valence electrons. The quantitative estimate of drug-likeness (QED) is 0.766. The molecule has 3 nitrogen and oxygen atoms in total. The molecule has 0 atom stereocenters. The molecule has 1 N–H and O–H groups in total. The molecule has 0 amide bonds. The van der Waals surface area contributed by atoms with Crippen molar-refractivity contribution < 1.29 is 22.7 Å². The van der Waals surface area contributed by atoms with Crippen molar-refractivity contribution in [2.24, 2.45) is 0 Å². The van der Waals surface area contributed by atoms with Gasteiger partial charge in [0.2, 0.25) is 0 Å². The van der Waals surface area contributed by atoms with Crippen molar-refractivity contribution in [1.82, 2.24) is 5.32 Å². The molecular formula is C10H16F3NO2. The van der Waals surface area contributed by atoms with Crippen LogP contribution in [0, 0.1) is 0 Å². The number of carbonyl (C=O) groups excluding carboxylic acids is 1. The molecular weight excluding hydrogens is 223 g/mol. The molecule has 0 bridgehead atoms. The van der Waals surface area contributed by atoms with E-state index in [-0.39, 0.29) is 0 Å². The predicted octanol–water partition coefficient (Wildman–Crippen LogP) is 2.01. The molecule has 0 spiro atoms. The van der Waals surface area contributed by atoms with E-state index in [1.807, 2.05) is 0 Å². The SMILES string of the molecule is COC(=O)C1(NCC(F)(F)F)CCCCC1. The zero-order valence-corrected chi connectivity index (χ0v) is 9.19. The van der Waals surface area contributed by atoms with Gasteiger partial charge in [0.1, 0.15) is 5.54 Å². The van der Waals surface area contributed by atoms with E-state index < -0.39 is 24.2 Å². The molecule has 0 aromatic rings. The summed E-state index contributed by atoms with van der Waals surface area (Å²) in [4.78, 5) is 11.6. The first kappa shape index (κ1) is 13.3. The fourth-order valence-electron chi connectivity index (χ4n) is 2.07. The molecule has 1 aliphatic rings. The van der Waals surface area contributed by atoms with Crippen LogP contribution in [0.3, 0.4) is 0 Å². The van der Waals surface area contributed by atoms with E-state index in [4.69, 9.17) is 0 Å².